The fourth-order valence-electron chi connectivity index (χ4n) is 6.69. The van der Waals surface area contributed by atoms with Crippen LogP contribution in [-0.2, 0) is 24.7 Å². The van der Waals surface area contributed by atoms with Crippen LogP contribution < -0.4 is 0 Å². The van der Waals surface area contributed by atoms with E-state index in [1.807, 2.05) is 60.7 Å². The van der Waals surface area contributed by atoms with Crippen molar-refractivity contribution < 1.29 is 23.5 Å². The average Bonchev–Trinajstić information content (AvgIpc) is 3.40. The van der Waals surface area contributed by atoms with Crippen molar-refractivity contribution in [1.29, 1.82) is 0 Å². The largest absolute Gasteiger partial charge is 0.458 e. The molecular formula is C28H34NO4+. The van der Waals surface area contributed by atoms with Crippen molar-refractivity contribution in [3.63, 3.8) is 0 Å². The zero-order chi connectivity index (χ0) is 22.9. The fourth-order valence-corrected chi connectivity index (χ4v) is 6.69. The number of hydrogen-bond acceptors (Lipinski definition) is 4. The molecule has 33 heavy (non-hydrogen) atoms. The molecule has 174 valence electrons. The lowest BCUT2D eigenvalue weighted by Crippen LogP contribution is -2.60. The molecule has 3 aliphatic rings. The number of esters is 2. The molecule has 3 aliphatic heterocycles. The zero-order valence-corrected chi connectivity index (χ0v) is 19.4. The van der Waals surface area contributed by atoms with Gasteiger partial charge in [0.05, 0.1) is 25.2 Å². The van der Waals surface area contributed by atoms with Gasteiger partial charge >= 0.3 is 11.9 Å². The SMILES string of the molecule is CCC(=O)OC(C(=O)OC1CC2CCC(C1)[N+]21CCCC1)(c1ccccc1)c1ccccc1. The quantitative estimate of drug-likeness (QED) is 0.474. The minimum Gasteiger partial charge on any atom is -0.458 e. The summed E-state index contributed by atoms with van der Waals surface area (Å²) >= 11 is 0. The molecule has 0 radical (unpaired) electrons. The predicted molar refractivity (Wildman–Crippen MR) is 125 cm³/mol. The van der Waals surface area contributed by atoms with E-state index in [0.29, 0.717) is 23.2 Å². The number of carbonyl (C=O) groups excluding carboxylic acids is 2. The molecule has 0 N–H and O–H groups in total. The Kier molecular flexibility index (Phi) is 6.00. The van der Waals surface area contributed by atoms with Crippen molar-refractivity contribution >= 4 is 11.9 Å². The van der Waals surface area contributed by atoms with Crippen LogP contribution in [0.1, 0.15) is 63.0 Å². The van der Waals surface area contributed by atoms with E-state index >= 15 is 0 Å². The molecule has 0 amide bonds. The number of piperidine rings is 1. The standard InChI is InChI=1S/C28H34NO4/c1-2-26(30)33-28(21-11-5-3-6-12-21,22-13-7-4-8-14-22)27(31)32-25-19-23-15-16-24(20-25)29(23)17-9-10-18-29/h3-8,11-14,23-25H,2,9-10,15-20H2,1H3/q+1. The Labute approximate surface area is 196 Å². The van der Waals surface area contributed by atoms with Crippen LogP contribution >= 0.6 is 0 Å². The van der Waals surface area contributed by atoms with Crippen LogP contribution in [0.15, 0.2) is 60.7 Å². The molecule has 2 aromatic carbocycles. The molecule has 5 heteroatoms. The highest BCUT2D eigenvalue weighted by molar-refractivity contribution is 5.89. The van der Waals surface area contributed by atoms with E-state index in [2.05, 4.69) is 0 Å². The van der Waals surface area contributed by atoms with E-state index in [4.69, 9.17) is 9.47 Å². The highest BCUT2D eigenvalue weighted by atomic mass is 16.6. The van der Waals surface area contributed by atoms with Crippen molar-refractivity contribution in [2.24, 2.45) is 0 Å². The zero-order valence-electron chi connectivity index (χ0n) is 19.4. The molecule has 2 aromatic rings. The number of nitrogens with zero attached hydrogens (tertiary/aromatic N) is 1. The Hall–Kier alpha value is -2.66. The highest BCUT2D eigenvalue weighted by Gasteiger charge is 2.57. The van der Waals surface area contributed by atoms with E-state index in [1.165, 1.54) is 43.3 Å². The van der Waals surface area contributed by atoms with E-state index in [0.717, 1.165) is 12.8 Å². The molecule has 3 saturated heterocycles. The lowest BCUT2D eigenvalue weighted by molar-refractivity contribution is -0.956. The van der Waals surface area contributed by atoms with Crippen LogP contribution in [0.25, 0.3) is 0 Å². The molecule has 2 atom stereocenters. The Morgan fingerprint density at radius 1 is 0.879 bits per heavy atom. The first-order chi connectivity index (χ1) is 16.1. The van der Waals surface area contributed by atoms with E-state index < -0.39 is 17.5 Å². The normalized spacial score (nSPS) is 25.7. The first kappa shape index (κ1) is 22.1. The van der Waals surface area contributed by atoms with Gasteiger partial charge in [0.15, 0.2) is 0 Å². The number of carbonyl (C=O) groups is 2. The molecule has 3 heterocycles. The summed E-state index contributed by atoms with van der Waals surface area (Å²) in [5, 5.41) is 0. The van der Waals surface area contributed by atoms with Gasteiger partial charge in [0.25, 0.3) is 5.60 Å². The first-order valence-corrected chi connectivity index (χ1v) is 12.5. The van der Waals surface area contributed by atoms with Gasteiger partial charge in [0.1, 0.15) is 6.10 Å². The Balaban J connectivity index is 1.48. The van der Waals surface area contributed by atoms with Crippen molar-refractivity contribution in [1.82, 2.24) is 0 Å². The summed E-state index contributed by atoms with van der Waals surface area (Å²) in [4.78, 5) is 26.6. The molecule has 2 bridgehead atoms. The number of benzene rings is 2. The summed E-state index contributed by atoms with van der Waals surface area (Å²) < 4.78 is 13.5. The minimum absolute atomic E-state index is 0.133. The molecule has 1 spiro atoms. The lowest BCUT2D eigenvalue weighted by Gasteiger charge is -2.47. The molecule has 0 aliphatic carbocycles. The van der Waals surface area contributed by atoms with Gasteiger partial charge in [-0.05, 0) is 0 Å². The van der Waals surface area contributed by atoms with Crippen LogP contribution in [0.4, 0.5) is 0 Å². The number of rotatable bonds is 6. The van der Waals surface area contributed by atoms with Crippen molar-refractivity contribution in [2.75, 3.05) is 13.1 Å². The summed E-state index contributed by atoms with van der Waals surface area (Å²) in [6, 6.07) is 19.8. The van der Waals surface area contributed by atoms with Crippen molar-refractivity contribution in [2.45, 2.75) is 75.7 Å². The van der Waals surface area contributed by atoms with Crippen LogP contribution in [0.3, 0.4) is 0 Å². The van der Waals surface area contributed by atoms with Gasteiger partial charge in [-0.15, -0.1) is 0 Å². The van der Waals surface area contributed by atoms with E-state index in [-0.39, 0.29) is 12.5 Å². The molecule has 3 fully saturated rings. The maximum atomic E-state index is 14.0. The first-order valence-electron chi connectivity index (χ1n) is 12.5. The second kappa shape index (κ2) is 8.94. The van der Waals surface area contributed by atoms with Crippen LogP contribution in [0.2, 0.25) is 0 Å². The molecule has 0 aromatic heterocycles. The summed E-state index contributed by atoms with van der Waals surface area (Å²) in [6.07, 6.45) is 6.95. The van der Waals surface area contributed by atoms with Crippen molar-refractivity contribution in [3.8, 4) is 0 Å². The summed E-state index contributed by atoms with van der Waals surface area (Å²) in [5.41, 5.74) is -0.374. The van der Waals surface area contributed by atoms with Gasteiger partial charge in [-0.2, -0.15) is 0 Å². The molecular weight excluding hydrogens is 414 g/mol. The monoisotopic (exact) mass is 448 g/mol. The maximum absolute atomic E-state index is 14.0. The second-order valence-corrected chi connectivity index (χ2v) is 9.88. The molecule has 5 nitrogen and oxygen atoms in total. The number of hydrogen-bond donors (Lipinski definition) is 0. The van der Waals surface area contributed by atoms with Gasteiger partial charge in [0.2, 0.25) is 0 Å². The van der Waals surface area contributed by atoms with Gasteiger partial charge in [-0.3, -0.25) is 4.79 Å². The third kappa shape index (κ3) is 3.76. The Morgan fingerprint density at radius 3 is 1.88 bits per heavy atom. The third-order valence-electron chi connectivity index (χ3n) is 8.23. The summed E-state index contributed by atoms with van der Waals surface area (Å²) in [5.74, 6) is -0.911. The highest BCUT2D eigenvalue weighted by Crippen LogP contribution is 2.47. The molecule has 2 unspecified atom stereocenters. The second-order valence-electron chi connectivity index (χ2n) is 9.88. The fraction of sp³-hybridized carbons (Fsp3) is 0.500. The van der Waals surface area contributed by atoms with Crippen LogP contribution in [-0.4, -0.2) is 47.7 Å². The lowest BCUT2D eigenvalue weighted by atomic mass is 9.85. The summed E-state index contributed by atoms with van der Waals surface area (Å²) in [6.45, 7) is 4.30. The number of ether oxygens (including phenoxy) is 2. The third-order valence-corrected chi connectivity index (χ3v) is 8.23. The predicted octanol–water partition coefficient (Wildman–Crippen LogP) is 4.73. The Morgan fingerprint density at radius 2 is 1.39 bits per heavy atom. The average molecular weight is 449 g/mol. The van der Waals surface area contributed by atoms with Gasteiger partial charge < -0.3 is 14.0 Å². The van der Waals surface area contributed by atoms with Gasteiger partial charge in [0, 0.05) is 56.1 Å². The Bertz CT molecular complexity index is 928. The van der Waals surface area contributed by atoms with Gasteiger partial charge in [-0.1, -0.05) is 67.6 Å². The molecule has 5 rings (SSSR count). The smallest absolute Gasteiger partial charge is 0.360 e. The summed E-state index contributed by atoms with van der Waals surface area (Å²) in [7, 11) is 0. The number of quaternary nitrogens is 1. The van der Waals surface area contributed by atoms with E-state index in [1.54, 1.807) is 6.92 Å². The minimum atomic E-state index is -1.61. The van der Waals surface area contributed by atoms with E-state index in [9.17, 15) is 9.59 Å². The van der Waals surface area contributed by atoms with Crippen molar-refractivity contribution in [3.05, 3.63) is 71.8 Å². The van der Waals surface area contributed by atoms with Crippen LogP contribution in [0, 0.1) is 0 Å². The van der Waals surface area contributed by atoms with Crippen LogP contribution in [0.5, 0.6) is 0 Å². The molecule has 0 saturated carbocycles. The topological polar surface area (TPSA) is 52.6 Å². The maximum Gasteiger partial charge on any atom is 0.360 e. The van der Waals surface area contributed by atoms with Gasteiger partial charge in [-0.25, -0.2) is 4.79 Å².